The zero-order valence-corrected chi connectivity index (χ0v) is 13.9. The number of halogens is 1. The van der Waals surface area contributed by atoms with Crippen LogP contribution in [0.25, 0.3) is 10.9 Å². The summed E-state index contributed by atoms with van der Waals surface area (Å²) < 4.78 is 15.0. The van der Waals surface area contributed by atoms with Crippen LogP contribution in [0.5, 0.6) is 0 Å². The molecule has 4 rings (SSSR count). The van der Waals surface area contributed by atoms with Gasteiger partial charge in [0.15, 0.2) is 0 Å². The topological polar surface area (TPSA) is 74.2 Å². The molecule has 0 spiro atoms. The van der Waals surface area contributed by atoms with Crippen LogP contribution >= 0.6 is 0 Å². The summed E-state index contributed by atoms with van der Waals surface area (Å²) in [5.74, 6) is -0.932. The summed E-state index contributed by atoms with van der Waals surface area (Å²) in [7, 11) is 1.95. The molecule has 1 atom stereocenters. The SMILES string of the molecule is CNC1CCCN(c2c(F)cc(C(N)=O)c3[nH]c4c(c23)CCC4)C1. The minimum absolute atomic E-state index is 0.253. The number of fused-ring (bicyclic) bond motifs is 3. The number of primary amides is 1. The van der Waals surface area contributed by atoms with E-state index in [2.05, 4.69) is 15.2 Å². The molecule has 1 amide bonds. The first-order valence-corrected chi connectivity index (χ1v) is 8.68. The lowest BCUT2D eigenvalue weighted by Crippen LogP contribution is -2.44. The summed E-state index contributed by atoms with van der Waals surface area (Å²) in [5, 5.41) is 4.17. The van der Waals surface area contributed by atoms with E-state index in [-0.39, 0.29) is 11.4 Å². The number of aromatic nitrogens is 1. The number of carbonyl (C=O) groups is 1. The monoisotopic (exact) mass is 330 g/mol. The fourth-order valence-electron chi connectivity index (χ4n) is 4.29. The van der Waals surface area contributed by atoms with Crippen molar-refractivity contribution in [2.75, 3.05) is 25.0 Å². The molecular formula is C18H23FN4O. The van der Waals surface area contributed by atoms with Crippen LogP contribution in [-0.4, -0.2) is 37.1 Å². The number of nitrogens with two attached hydrogens (primary N) is 1. The zero-order chi connectivity index (χ0) is 16.8. The number of rotatable bonds is 3. The Bertz CT molecular complexity index is 813. The molecule has 128 valence electrons. The molecule has 1 fully saturated rings. The van der Waals surface area contributed by atoms with Gasteiger partial charge >= 0.3 is 0 Å². The Kier molecular flexibility index (Phi) is 3.72. The molecule has 0 bridgehead atoms. The van der Waals surface area contributed by atoms with Crippen molar-refractivity contribution in [3.8, 4) is 0 Å². The molecule has 2 heterocycles. The summed E-state index contributed by atoms with van der Waals surface area (Å²) in [6.45, 7) is 1.61. The molecule has 5 nitrogen and oxygen atoms in total. The van der Waals surface area contributed by atoms with E-state index in [1.165, 1.54) is 6.07 Å². The second kappa shape index (κ2) is 5.77. The Hall–Kier alpha value is -2.08. The standard InChI is InChI=1S/C18H23FN4O/c1-21-10-4-3-7-23(9-10)17-13(19)8-12(18(20)24)16-15(17)11-5-2-6-14(11)22-16/h8,10,21-22H,2-7,9H2,1H3,(H2,20,24). The van der Waals surface area contributed by atoms with Crippen LogP contribution < -0.4 is 16.0 Å². The third kappa shape index (κ3) is 2.28. The smallest absolute Gasteiger partial charge is 0.250 e. The zero-order valence-electron chi connectivity index (χ0n) is 13.9. The lowest BCUT2D eigenvalue weighted by atomic mass is 10.00. The van der Waals surface area contributed by atoms with Crippen molar-refractivity contribution in [1.82, 2.24) is 10.3 Å². The molecule has 1 unspecified atom stereocenters. The molecule has 24 heavy (non-hydrogen) atoms. The molecule has 0 saturated carbocycles. The number of nitrogens with zero attached hydrogens (tertiary/aromatic N) is 1. The van der Waals surface area contributed by atoms with Gasteiger partial charge in [0.2, 0.25) is 0 Å². The number of aryl methyl sites for hydroxylation is 2. The summed E-state index contributed by atoms with van der Waals surface area (Å²) in [5.41, 5.74) is 9.37. The Morgan fingerprint density at radius 1 is 1.42 bits per heavy atom. The molecule has 6 heteroatoms. The number of hydrogen-bond acceptors (Lipinski definition) is 3. The van der Waals surface area contributed by atoms with E-state index in [9.17, 15) is 4.79 Å². The quantitative estimate of drug-likeness (QED) is 0.807. The number of hydrogen-bond donors (Lipinski definition) is 3. The minimum atomic E-state index is -0.586. The van der Waals surface area contributed by atoms with Gasteiger partial charge in [0.25, 0.3) is 5.91 Å². The number of piperidine rings is 1. The summed E-state index contributed by atoms with van der Waals surface area (Å²) in [6.07, 6.45) is 5.06. The lowest BCUT2D eigenvalue weighted by molar-refractivity contribution is 0.100. The number of anilines is 1. The van der Waals surface area contributed by atoms with Crippen LogP contribution in [0.15, 0.2) is 6.07 Å². The van der Waals surface area contributed by atoms with Crippen LogP contribution in [0.4, 0.5) is 10.1 Å². The molecule has 1 aromatic heterocycles. The Balaban J connectivity index is 1.93. The molecule has 1 aliphatic carbocycles. The van der Waals surface area contributed by atoms with Gasteiger partial charge in [-0.05, 0) is 50.8 Å². The van der Waals surface area contributed by atoms with E-state index in [0.717, 1.165) is 61.8 Å². The van der Waals surface area contributed by atoms with Crippen molar-refractivity contribution in [3.63, 3.8) is 0 Å². The van der Waals surface area contributed by atoms with E-state index in [4.69, 9.17) is 5.73 Å². The van der Waals surface area contributed by atoms with Crippen molar-refractivity contribution < 1.29 is 9.18 Å². The first-order chi connectivity index (χ1) is 11.6. The van der Waals surface area contributed by atoms with Crippen LogP contribution in [0, 0.1) is 5.82 Å². The largest absolute Gasteiger partial charge is 0.367 e. The molecule has 4 N–H and O–H groups in total. The van der Waals surface area contributed by atoms with Crippen molar-refractivity contribution in [2.45, 2.75) is 38.1 Å². The first kappa shape index (κ1) is 15.4. The highest BCUT2D eigenvalue weighted by Gasteiger charge is 2.29. The van der Waals surface area contributed by atoms with Gasteiger partial charge in [0.1, 0.15) is 5.82 Å². The number of amides is 1. The Labute approximate surface area is 140 Å². The molecule has 2 aliphatic rings. The van der Waals surface area contributed by atoms with Gasteiger partial charge in [-0.25, -0.2) is 4.39 Å². The van der Waals surface area contributed by atoms with Gasteiger partial charge in [-0.1, -0.05) is 0 Å². The highest BCUT2D eigenvalue weighted by atomic mass is 19.1. The number of H-pyrrole nitrogens is 1. The predicted molar refractivity (Wildman–Crippen MR) is 93.1 cm³/mol. The maximum absolute atomic E-state index is 15.0. The van der Waals surface area contributed by atoms with Gasteiger partial charge in [0.05, 0.1) is 16.8 Å². The van der Waals surface area contributed by atoms with Gasteiger partial charge in [-0.2, -0.15) is 0 Å². The van der Waals surface area contributed by atoms with Crippen LogP contribution in [0.3, 0.4) is 0 Å². The molecular weight excluding hydrogens is 307 g/mol. The number of likely N-dealkylation sites (N-methyl/N-ethyl adjacent to an activating group) is 1. The van der Waals surface area contributed by atoms with E-state index in [0.29, 0.717) is 17.2 Å². The fourth-order valence-corrected chi connectivity index (χ4v) is 4.29. The van der Waals surface area contributed by atoms with Crippen molar-refractivity contribution in [3.05, 3.63) is 28.7 Å². The summed E-state index contributed by atoms with van der Waals surface area (Å²) >= 11 is 0. The van der Waals surface area contributed by atoms with E-state index < -0.39 is 5.91 Å². The fraction of sp³-hybridized carbons (Fsp3) is 0.500. The first-order valence-electron chi connectivity index (χ1n) is 8.68. The van der Waals surface area contributed by atoms with E-state index in [1.54, 1.807) is 0 Å². The Morgan fingerprint density at radius 3 is 3.00 bits per heavy atom. The van der Waals surface area contributed by atoms with Crippen molar-refractivity contribution in [1.29, 1.82) is 0 Å². The minimum Gasteiger partial charge on any atom is -0.367 e. The maximum Gasteiger partial charge on any atom is 0.250 e. The highest BCUT2D eigenvalue weighted by molar-refractivity contribution is 6.10. The van der Waals surface area contributed by atoms with Crippen LogP contribution in [-0.2, 0) is 12.8 Å². The molecule has 1 saturated heterocycles. The second-order valence-corrected chi connectivity index (χ2v) is 6.88. The molecule has 0 radical (unpaired) electrons. The summed E-state index contributed by atoms with van der Waals surface area (Å²) in [6, 6.07) is 1.66. The van der Waals surface area contributed by atoms with Crippen molar-refractivity contribution >= 4 is 22.5 Å². The Morgan fingerprint density at radius 2 is 2.25 bits per heavy atom. The average Bonchev–Trinajstić information content (AvgIpc) is 3.15. The molecule has 2 aromatic rings. The van der Waals surface area contributed by atoms with E-state index >= 15 is 4.39 Å². The van der Waals surface area contributed by atoms with Gasteiger partial charge in [-0.15, -0.1) is 0 Å². The molecule has 1 aromatic carbocycles. The normalized spacial score (nSPS) is 20.6. The lowest BCUT2D eigenvalue weighted by Gasteiger charge is -2.35. The van der Waals surface area contributed by atoms with Gasteiger partial charge in [0, 0.05) is 30.2 Å². The highest BCUT2D eigenvalue weighted by Crippen LogP contribution is 2.40. The van der Waals surface area contributed by atoms with Crippen molar-refractivity contribution in [2.24, 2.45) is 5.73 Å². The van der Waals surface area contributed by atoms with Gasteiger partial charge < -0.3 is 20.9 Å². The summed E-state index contributed by atoms with van der Waals surface area (Å²) in [4.78, 5) is 17.3. The number of aromatic amines is 1. The maximum atomic E-state index is 15.0. The third-order valence-corrected chi connectivity index (χ3v) is 5.46. The molecule has 1 aliphatic heterocycles. The second-order valence-electron chi connectivity index (χ2n) is 6.88. The number of carbonyl (C=O) groups excluding carboxylic acids is 1. The van der Waals surface area contributed by atoms with Gasteiger partial charge in [-0.3, -0.25) is 4.79 Å². The van der Waals surface area contributed by atoms with E-state index in [1.807, 2.05) is 7.05 Å². The number of benzene rings is 1. The predicted octanol–water partition coefficient (Wildman–Crippen LogP) is 2.08. The van der Waals surface area contributed by atoms with Crippen LogP contribution in [0.2, 0.25) is 0 Å². The number of nitrogens with one attached hydrogen (secondary N) is 2. The average molecular weight is 330 g/mol. The van der Waals surface area contributed by atoms with Crippen LogP contribution in [0.1, 0.15) is 40.9 Å². The third-order valence-electron chi connectivity index (χ3n) is 5.46.